The highest BCUT2D eigenvalue weighted by atomic mass is 35.5. The lowest BCUT2D eigenvalue weighted by Crippen LogP contribution is -2.22. The van der Waals surface area contributed by atoms with E-state index in [1.54, 1.807) is 0 Å². The number of hydrogen-bond donors (Lipinski definition) is 0. The molecule has 2 rings (SSSR count). The van der Waals surface area contributed by atoms with Gasteiger partial charge in [-0.15, -0.1) is 0 Å². The Hall–Kier alpha value is -0.610. The normalized spacial score (nSPS) is 20.4. The minimum absolute atomic E-state index is 0.161. The Morgan fingerprint density at radius 1 is 1.25 bits per heavy atom. The van der Waals surface area contributed by atoms with Gasteiger partial charge in [0.1, 0.15) is 0 Å². The van der Waals surface area contributed by atoms with E-state index in [1.807, 2.05) is 0 Å². The molecule has 16 heavy (non-hydrogen) atoms. The maximum absolute atomic E-state index is 5.75. The second-order valence-electron chi connectivity index (χ2n) is 4.06. The van der Waals surface area contributed by atoms with Crippen molar-refractivity contribution in [1.29, 1.82) is 0 Å². The summed E-state index contributed by atoms with van der Waals surface area (Å²) < 4.78 is 0. The minimum Gasteiger partial charge on any atom is -0.340 e. The minimum atomic E-state index is 0.161. The fraction of sp³-hybridized carbons (Fsp3) is 0.700. The van der Waals surface area contributed by atoms with Crippen LogP contribution < -0.4 is 4.90 Å². The number of hydrogen-bond acceptors (Lipinski definition) is 4. The van der Waals surface area contributed by atoms with Crippen LogP contribution in [0.25, 0.3) is 0 Å². The molecule has 2 heterocycles. The van der Waals surface area contributed by atoms with E-state index in [2.05, 4.69) is 26.8 Å². The molecule has 1 aliphatic heterocycles. The van der Waals surface area contributed by atoms with Crippen molar-refractivity contribution in [3.05, 3.63) is 10.6 Å². The highest BCUT2D eigenvalue weighted by Crippen LogP contribution is 2.25. The van der Waals surface area contributed by atoms with Crippen LogP contribution in [0.3, 0.4) is 0 Å². The highest BCUT2D eigenvalue weighted by Gasteiger charge is 2.24. The van der Waals surface area contributed by atoms with Crippen molar-refractivity contribution < 1.29 is 0 Å². The molecular formula is C10H14Cl2N4. The monoisotopic (exact) mass is 260 g/mol. The van der Waals surface area contributed by atoms with Crippen LogP contribution in [-0.4, -0.2) is 28.0 Å². The first-order chi connectivity index (χ1) is 7.69. The van der Waals surface area contributed by atoms with Crippen molar-refractivity contribution in [3.63, 3.8) is 0 Å². The van der Waals surface area contributed by atoms with Crippen LogP contribution in [0.5, 0.6) is 0 Å². The number of aromatic nitrogens is 3. The summed E-state index contributed by atoms with van der Waals surface area (Å²) in [7, 11) is 0. The van der Waals surface area contributed by atoms with Crippen molar-refractivity contribution in [1.82, 2.24) is 15.0 Å². The van der Waals surface area contributed by atoms with Crippen LogP contribution >= 0.6 is 23.2 Å². The van der Waals surface area contributed by atoms with Gasteiger partial charge in [-0.1, -0.05) is 13.3 Å². The number of rotatable bonds is 3. The number of nitrogens with zero attached hydrogens (tertiary/aromatic N) is 4. The van der Waals surface area contributed by atoms with Crippen LogP contribution in [0.15, 0.2) is 0 Å². The van der Waals surface area contributed by atoms with Gasteiger partial charge < -0.3 is 4.90 Å². The van der Waals surface area contributed by atoms with E-state index >= 15 is 0 Å². The summed E-state index contributed by atoms with van der Waals surface area (Å²) in [5, 5.41) is 0.322. The van der Waals surface area contributed by atoms with Crippen LogP contribution in [-0.2, 0) is 0 Å². The lowest BCUT2D eigenvalue weighted by Gasteiger charge is -2.15. The Morgan fingerprint density at radius 3 is 2.56 bits per heavy atom. The molecule has 4 nitrogen and oxygen atoms in total. The SMILES string of the molecule is CCCC1CCN(c2nc(Cl)nc(Cl)n2)C1. The summed E-state index contributed by atoms with van der Waals surface area (Å²) in [6, 6.07) is 0. The predicted molar refractivity (Wildman–Crippen MR) is 65.1 cm³/mol. The topological polar surface area (TPSA) is 41.9 Å². The van der Waals surface area contributed by atoms with E-state index in [9.17, 15) is 0 Å². The van der Waals surface area contributed by atoms with Crippen LogP contribution in [0, 0.1) is 5.92 Å². The van der Waals surface area contributed by atoms with Gasteiger partial charge in [-0.25, -0.2) is 0 Å². The third kappa shape index (κ3) is 2.74. The molecule has 0 amide bonds. The molecule has 1 unspecified atom stereocenters. The molecule has 1 fully saturated rings. The third-order valence-electron chi connectivity index (χ3n) is 2.83. The largest absolute Gasteiger partial charge is 0.340 e. The summed E-state index contributed by atoms with van der Waals surface area (Å²) in [4.78, 5) is 14.1. The first kappa shape index (κ1) is 11.9. The first-order valence-corrected chi connectivity index (χ1v) is 6.26. The maximum atomic E-state index is 5.75. The fourth-order valence-electron chi connectivity index (χ4n) is 2.12. The summed E-state index contributed by atoms with van der Waals surface area (Å²) in [5.41, 5.74) is 0. The van der Waals surface area contributed by atoms with Gasteiger partial charge in [0.25, 0.3) is 0 Å². The van der Waals surface area contributed by atoms with Gasteiger partial charge in [-0.3, -0.25) is 0 Å². The van der Waals surface area contributed by atoms with Crippen LogP contribution in [0.2, 0.25) is 10.6 Å². The fourth-order valence-corrected chi connectivity index (χ4v) is 2.47. The summed E-state index contributed by atoms with van der Waals surface area (Å²) in [5.74, 6) is 1.34. The van der Waals surface area contributed by atoms with E-state index < -0.39 is 0 Å². The molecule has 6 heteroatoms. The second kappa shape index (κ2) is 5.15. The predicted octanol–water partition coefficient (Wildman–Crippen LogP) is 2.80. The van der Waals surface area contributed by atoms with Gasteiger partial charge >= 0.3 is 0 Å². The molecule has 1 aliphatic rings. The molecule has 0 N–H and O–H groups in total. The zero-order valence-electron chi connectivity index (χ0n) is 9.16. The lowest BCUT2D eigenvalue weighted by atomic mass is 10.0. The van der Waals surface area contributed by atoms with Crippen molar-refractivity contribution >= 4 is 29.2 Å². The van der Waals surface area contributed by atoms with E-state index in [1.165, 1.54) is 19.3 Å². The zero-order valence-corrected chi connectivity index (χ0v) is 10.7. The molecule has 0 spiro atoms. The quantitative estimate of drug-likeness (QED) is 0.839. The Labute approximate surface area is 105 Å². The molecule has 0 bridgehead atoms. The van der Waals surface area contributed by atoms with Crippen molar-refractivity contribution in [2.45, 2.75) is 26.2 Å². The summed E-state index contributed by atoms with van der Waals surface area (Å²) in [6.07, 6.45) is 3.66. The van der Waals surface area contributed by atoms with Gasteiger partial charge in [0.05, 0.1) is 0 Å². The summed E-state index contributed by atoms with van der Waals surface area (Å²) in [6.45, 7) is 4.17. The van der Waals surface area contributed by atoms with E-state index in [0.29, 0.717) is 5.95 Å². The smallest absolute Gasteiger partial charge is 0.230 e. The summed E-state index contributed by atoms with van der Waals surface area (Å²) >= 11 is 11.5. The Morgan fingerprint density at radius 2 is 1.94 bits per heavy atom. The maximum Gasteiger partial charge on any atom is 0.230 e. The molecule has 1 atom stereocenters. The van der Waals surface area contributed by atoms with E-state index in [0.717, 1.165) is 19.0 Å². The molecule has 0 aromatic carbocycles. The Bertz CT molecular complexity index is 352. The standard InChI is InChI=1S/C10H14Cl2N4/c1-2-3-7-4-5-16(6-7)10-14-8(11)13-9(12)15-10/h7H,2-6H2,1H3. The van der Waals surface area contributed by atoms with Gasteiger partial charge in [-0.2, -0.15) is 15.0 Å². The van der Waals surface area contributed by atoms with Crippen LogP contribution in [0.4, 0.5) is 5.95 Å². The van der Waals surface area contributed by atoms with Crippen LogP contribution in [0.1, 0.15) is 26.2 Å². The van der Waals surface area contributed by atoms with Crippen molar-refractivity contribution in [2.24, 2.45) is 5.92 Å². The molecule has 0 radical (unpaired) electrons. The van der Waals surface area contributed by atoms with E-state index in [-0.39, 0.29) is 10.6 Å². The zero-order chi connectivity index (χ0) is 11.5. The van der Waals surface area contributed by atoms with Gasteiger partial charge in [0, 0.05) is 13.1 Å². The molecule has 88 valence electrons. The number of anilines is 1. The van der Waals surface area contributed by atoms with Gasteiger partial charge in [0.2, 0.25) is 16.5 Å². The molecule has 0 saturated carbocycles. The molecule has 0 aliphatic carbocycles. The van der Waals surface area contributed by atoms with Gasteiger partial charge in [0.15, 0.2) is 0 Å². The van der Waals surface area contributed by atoms with E-state index in [4.69, 9.17) is 23.2 Å². The van der Waals surface area contributed by atoms with Gasteiger partial charge in [-0.05, 0) is 42.0 Å². The second-order valence-corrected chi connectivity index (χ2v) is 4.74. The third-order valence-corrected chi connectivity index (χ3v) is 3.17. The first-order valence-electron chi connectivity index (χ1n) is 5.51. The lowest BCUT2D eigenvalue weighted by molar-refractivity contribution is 0.529. The average molecular weight is 261 g/mol. The molecule has 1 aromatic heterocycles. The highest BCUT2D eigenvalue weighted by molar-refractivity contribution is 6.31. The van der Waals surface area contributed by atoms with Crippen molar-refractivity contribution in [2.75, 3.05) is 18.0 Å². The Balaban J connectivity index is 2.08. The average Bonchev–Trinajstić information content (AvgIpc) is 2.65. The molecular weight excluding hydrogens is 247 g/mol. The number of halogens is 2. The molecule has 1 aromatic rings. The molecule has 1 saturated heterocycles. The van der Waals surface area contributed by atoms with Crippen molar-refractivity contribution in [3.8, 4) is 0 Å². The Kier molecular flexibility index (Phi) is 3.82.